The lowest BCUT2D eigenvalue weighted by Gasteiger charge is -2.01. The van der Waals surface area contributed by atoms with Crippen LogP contribution in [0.3, 0.4) is 0 Å². The molecule has 0 radical (unpaired) electrons. The van der Waals surface area contributed by atoms with Crippen LogP contribution in [0.25, 0.3) is 0 Å². The second-order valence-electron chi connectivity index (χ2n) is 3.03. The van der Waals surface area contributed by atoms with Crippen molar-refractivity contribution in [2.24, 2.45) is 0 Å². The maximum atomic E-state index is 11.1. The molecule has 0 spiro atoms. The van der Waals surface area contributed by atoms with Crippen LogP contribution in [0, 0.1) is 0 Å². The van der Waals surface area contributed by atoms with Crippen LogP contribution >= 0.6 is 11.6 Å². The summed E-state index contributed by atoms with van der Waals surface area (Å²) < 4.78 is 4.58. The molecular weight excluding hydrogens is 260 g/mol. The van der Waals surface area contributed by atoms with E-state index in [0.717, 1.165) is 12.2 Å². The molecule has 0 aliphatic heterocycles. The lowest BCUT2D eigenvalue weighted by atomic mass is 10.3. The van der Waals surface area contributed by atoms with Crippen molar-refractivity contribution in [3.63, 3.8) is 0 Å². The molecule has 0 aromatic heterocycles. The van der Waals surface area contributed by atoms with Crippen LogP contribution < -0.4 is 4.89 Å². The highest BCUT2D eigenvalue weighted by Gasteiger charge is 2.02. The Morgan fingerprint density at radius 3 is 2.39 bits per heavy atom. The quantitative estimate of drug-likeness (QED) is 0.356. The van der Waals surface area contributed by atoms with E-state index in [2.05, 4.69) is 9.62 Å². The van der Waals surface area contributed by atoms with E-state index in [4.69, 9.17) is 16.5 Å². The van der Waals surface area contributed by atoms with Crippen molar-refractivity contribution in [3.05, 3.63) is 41.4 Å². The van der Waals surface area contributed by atoms with Crippen molar-refractivity contribution in [2.75, 3.05) is 6.61 Å². The Kier molecular flexibility index (Phi) is 5.73. The topological polar surface area (TPSA) is 61.8 Å². The van der Waals surface area contributed by atoms with Gasteiger partial charge < -0.3 is 4.74 Å². The fourth-order valence-electron chi connectivity index (χ4n) is 0.934. The lowest BCUT2D eigenvalue weighted by Crippen LogP contribution is -2.06. The summed E-state index contributed by atoms with van der Waals surface area (Å²) in [6.45, 7) is 1.90. The third kappa shape index (κ3) is 5.36. The average molecular weight is 271 g/mol. The Morgan fingerprint density at radius 2 is 1.78 bits per heavy atom. The molecule has 0 atom stereocenters. The average Bonchev–Trinajstić information content (AvgIpc) is 2.36. The van der Waals surface area contributed by atoms with Gasteiger partial charge >= 0.3 is 11.9 Å². The maximum Gasteiger partial charge on any atom is 0.379 e. The SMILES string of the molecule is CCOC(=O)/C=C\C(=O)OOc1ccc(Cl)cc1. The smallest absolute Gasteiger partial charge is 0.379 e. The second-order valence-corrected chi connectivity index (χ2v) is 3.46. The molecule has 0 unspecified atom stereocenters. The molecule has 0 aliphatic rings. The van der Waals surface area contributed by atoms with Gasteiger partial charge in [-0.15, -0.1) is 0 Å². The highest BCUT2D eigenvalue weighted by molar-refractivity contribution is 6.30. The minimum atomic E-state index is -0.821. The highest BCUT2D eigenvalue weighted by Crippen LogP contribution is 2.15. The zero-order valence-corrected chi connectivity index (χ0v) is 10.3. The molecule has 6 heteroatoms. The minimum Gasteiger partial charge on any atom is -0.463 e. The molecule has 0 amide bonds. The number of hydrogen-bond acceptors (Lipinski definition) is 5. The fourth-order valence-corrected chi connectivity index (χ4v) is 1.06. The Bertz CT molecular complexity index is 438. The van der Waals surface area contributed by atoms with Gasteiger partial charge in [0.15, 0.2) is 5.75 Å². The standard InChI is InChI=1S/C12H11ClO5/c1-2-16-11(14)7-8-12(15)18-17-10-5-3-9(13)4-6-10/h3-8H,2H2,1H3/b8-7-. The van der Waals surface area contributed by atoms with Gasteiger partial charge in [0.25, 0.3) is 0 Å². The minimum absolute atomic E-state index is 0.236. The van der Waals surface area contributed by atoms with Crippen molar-refractivity contribution >= 4 is 23.5 Å². The third-order valence-corrected chi connectivity index (χ3v) is 1.93. The van der Waals surface area contributed by atoms with Crippen molar-refractivity contribution < 1.29 is 24.1 Å². The summed E-state index contributed by atoms with van der Waals surface area (Å²) in [6.07, 6.45) is 1.87. The van der Waals surface area contributed by atoms with E-state index in [1.807, 2.05) is 0 Å². The molecule has 96 valence electrons. The molecule has 0 saturated heterocycles. The van der Waals surface area contributed by atoms with Gasteiger partial charge in [0, 0.05) is 17.2 Å². The number of hydrogen-bond donors (Lipinski definition) is 0. The first-order valence-electron chi connectivity index (χ1n) is 5.10. The monoisotopic (exact) mass is 270 g/mol. The van der Waals surface area contributed by atoms with Crippen molar-refractivity contribution in [3.8, 4) is 5.75 Å². The van der Waals surface area contributed by atoms with Gasteiger partial charge in [-0.05, 0) is 31.2 Å². The number of benzene rings is 1. The first-order chi connectivity index (χ1) is 8.61. The molecule has 5 nitrogen and oxygen atoms in total. The predicted molar refractivity (Wildman–Crippen MR) is 63.9 cm³/mol. The molecule has 1 aromatic rings. The zero-order chi connectivity index (χ0) is 13.4. The lowest BCUT2D eigenvalue weighted by molar-refractivity contribution is -0.207. The van der Waals surface area contributed by atoms with Crippen LogP contribution in [-0.4, -0.2) is 18.5 Å². The first-order valence-corrected chi connectivity index (χ1v) is 5.48. The van der Waals surface area contributed by atoms with Crippen LogP contribution in [0.15, 0.2) is 36.4 Å². The van der Waals surface area contributed by atoms with E-state index < -0.39 is 11.9 Å². The van der Waals surface area contributed by atoms with Crippen LogP contribution in [0.1, 0.15) is 6.92 Å². The van der Waals surface area contributed by atoms with E-state index in [1.165, 1.54) is 12.1 Å². The maximum absolute atomic E-state index is 11.1. The Hall–Kier alpha value is -2.01. The summed E-state index contributed by atoms with van der Waals surface area (Å²) in [7, 11) is 0. The molecule has 0 heterocycles. The molecule has 0 aliphatic carbocycles. The Labute approximate surface area is 109 Å². The van der Waals surface area contributed by atoms with Crippen molar-refractivity contribution in [1.29, 1.82) is 0 Å². The molecule has 1 rings (SSSR count). The molecule has 0 N–H and O–H groups in total. The van der Waals surface area contributed by atoms with Gasteiger partial charge in [-0.2, -0.15) is 0 Å². The van der Waals surface area contributed by atoms with Gasteiger partial charge in [-0.25, -0.2) is 14.5 Å². The molecular formula is C12H11ClO5. The van der Waals surface area contributed by atoms with Crippen molar-refractivity contribution in [2.45, 2.75) is 6.92 Å². The van der Waals surface area contributed by atoms with Crippen LogP contribution in [0.2, 0.25) is 5.02 Å². The summed E-state index contributed by atoms with van der Waals surface area (Å²) in [4.78, 5) is 31.1. The summed E-state index contributed by atoms with van der Waals surface area (Å²) in [6, 6.07) is 6.23. The zero-order valence-electron chi connectivity index (χ0n) is 9.59. The summed E-state index contributed by atoms with van der Waals surface area (Å²) in [5.74, 6) is -1.13. The third-order valence-electron chi connectivity index (χ3n) is 1.68. The number of carbonyl (C=O) groups is 2. The molecule has 0 bridgehead atoms. The number of esters is 1. The Morgan fingerprint density at radius 1 is 1.17 bits per heavy atom. The van der Waals surface area contributed by atoms with Crippen LogP contribution in [0.5, 0.6) is 5.75 Å². The van der Waals surface area contributed by atoms with Crippen LogP contribution in [-0.2, 0) is 19.2 Å². The highest BCUT2D eigenvalue weighted by atomic mass is 35.5. The van der Waals surface area contributed by atoms with Gasteiger partial charge in [0.1, 0.15) is 0 Å². The largest absolute Gasteiger partial charge is 0.463 e. The predicted octanol–water partition coefficient (Wildman–Crippen LogP) is 2.30. The summed E-state index contributed by atoms with van der Waals surface area (Å²) in [5.41, 5.74) is 0. The molecule has 0 fully saturated rings. The summed E-state index contributed by atoms with van der Waals surface area (Å²) in [5, 5.41) is 0.538. The number of halogens is 1. The number of ether oxygens (including phenoxy) is 1. The van der Waals surface area contributed by atoms with Crippen LogP contribution in [0.4, 0.5) is 0 Å². The van der Waals surface area contributed by atoms with E-state index in [0.29, 0.717) is 10.8 Å². The number of rotatable bonds is 5. The normalized spacial score (nSPS) is 10.1. The molecule has 18 heavy (non-hydrogen) atoms. The van der Waals surface area contributed by atoms with E-state index in [9.17, 15) is 9.59 Å². The van der Waals surface area contributed by atoms with Gasteiger partial charge in [0.2, 0.25) is 0 Å². The Balaban J connectivity index is 2.37. The first kappa shape index (κ1) is 14.1. The van der Waals surface area contributed by atoms with E-state index in [1.54, 1.807) is 19.1 Å². The van der Waals surface area contributed by atoms with E-state index >= 15 is 0 Å². The van der Waals surface area contributed by atoms with Gasteiger partial charge in [-0.3, -0.25) is 4.89 Å². The number of carbonyl (C=O) groups excluding carboxylic acids is 2. The summed E-state index contributed by atoms with van der Waals surface area (Å²) >= 11 is 5.66. The van der Waals surface area contributed by atoms with E-state index in [-0.39, 0.29) is 6.61 Å². The molecule has 0 saturated carbocycles. The van der Waals surface area contributed by atoms with Crippen molar-refractivity contribution in [1.82, 2.24) is 0 Å². The molecule has 1 aromatic carbocycles. The van der Waals surface area contributed by atoms with Gasteiger partial charge in [0.05, 0.1) is 6.61 Å². The fraction of sp³-hybridized carbons (Fsp3) is 0.167. The second kappa shape index (κ2) is 7.34. The van der Waals surface area contributed by atoms with Gasteiger partial charge in [-0.1, -0.05) is 11.6 Å².